The summed E-state index contributed by atoms with van der Waals surface area (Å²) in [5.41, 5.74) is 6.04. The molecule has 3 aliphatic rings. The summed E-state index contributed by atoms with van der Waals surface area (Å²) < 4.78 is 0. The summed E-state index contributed by atoms with van der Waals surface area (Å²) in [6.45, 7) is 2.39. The first kappa shape index (κ1) is 12.3. The fraction of sp³-hybridized carbons (Fsp3) is 0.929. The highest BCUT2D eigenvalue weighted by Crippen LogP contribution is 2.29. The van der Waals surface area contributed by atoms with E-state index in [4.69, 9.17) is 5.73 Å². The largest absolute Gasteiger partial charge is 0.370 e. The van der Waals surface area contributed by atoms with Crippen molar-refractivity contribution in [3.63, 3.8) is 0 Å². The molecule has 0 aromatic heterocycles. The molecule has 0 aromatic rings. The highest BCUT2D eigenvalue weighted by atomic mass is 15.2. The molecule has 1 aliphatic heterocycles. The van der Waals surface area contributed by atoms with Gasteiger partial charge in [0.25, 0.3) is 0 Å². The summed E-state index contributed by atoms with van der Waals surface area (Å²) in [6.07, 6.45) is 10.5. The van der Waals surface area contributed by atoms with E-state index in [9.17, 15) is 0 Å². The standard InChI is InChI=1S/C14H26N4/c15-14(16-11-4-2-1-3-5-11)17-12-8-9-18(10-12)13-6-7-13/h11-13H,1-10H2,(H3,15,16,17). The van der Waals surface area contributed by atoms with E-state index in [0.29, 0.717) is 18.0 Å². The number of guanidine groups is 1. The van der Waals surface area contributed by atoms with Crippen molar-refractivity contribution in [2.45, 2.75) is 69.5 Å². The molecule has 3 fully saturated rings. The molecule has 0 amide bonds. The topological polar surface area (TPSA) is 53.6 Å². The van der Waals surface area contributed by atoms with Gasteiger partial charge in [0, 0.05) is 25.2 Å². The first-order chi connectivity index (χ1) is 8.81. The number of hydrogen-bond donors (Lipinski definition) is 2. The first-order valence-electron chi connectivity index (χ1n) is 7.65. The molecule has 0 spiro atoms. The highest BCUT2D eigenvalue weighted by Gasteiger charge is 2.34. The average Bonchev–Trinajstić information content (AvgIpc) is 3.12. The van der Waals surface area contributed by atoms with Gasteiger partial charge in [-0.05, 0) is 32.1 Å². The number of rotatable bonds is 3. The summed E-state index contributed by atoms with van der Waals surface area (Å²) in [4.78, 5) is 7.25. The minimum atomic E-state index is 0.479. The van der Waals surface area contributed by atoms with Crippen molar-refractivity contribution in [3.8, 4) is 0 Å². The van der Waals surface area contributed by atoms with Gasteiger partial charge >= 0.3 is 0 Å². The summed E-state index contributed by atoms with van der Waals surface area (Å²) in [6, 6.07) is 1.89. The molecular formula is C14H26N4. The third kappa shape index (κ3) is 3.16. The van der Waals surface area contributed by atoms with Crippen LogP contribution in [0.4, 0.5) is 0 Å². The molecule has 1 atom stereocenters. The van der Waals surface area contributed by atoms with Crippen LogP contribution in [0.3, 0.4) is 0 Å². The van der Waals surface area contributed by atoms with E-state index < -0.39 is 0 Å². The van der Waals surface area contributed by atoms with Crippen molar-refractivity contribution in [1.29, 1.82) is 0 Å². The Bertz CT molecular complexity index is 305. The van der Waals surface area contributed by atoms with Gasteiger partial charge < -0.3 is 11.1 Å². The fourth-order valence-electron chi connectivity index (χ4n) is 3.33. The molecule has 0 aromatic carbocycles. The lowest BCUT2D eigenvalue weighted by atomic mass is 9.96. The molecule has 102 valence electrons. The Morgan fingerprint density at radius 1 is 1.06 bits per heavy atom. The molecule has 2 aliphatic carbocycles. The van der Waals surface area contributed by atoms with Crippen LogP contribution in [0.15, 0.2) is 4.99 Å². The smallest absolute Gasteiger partial charge is 0.189 e. The molecule has 18 heavy (non-hydrogen) atoms. The van der Waals surface area contributed by atoms with Crippen LogP contribution in [0, 0.1) is 0 Å². The van der Waals surface area contributed by atoms with E-state index in [1.807, 2.05) is 0 Å². The van der Waals surface area contributed by atoms with Gasteiger partial charge in [-0.2, -0.15) is 0 Å². The van der Waals surface area contributed by atoms with Crippen molar-refractivity contribution >= 4 is 5.96 Å². The van der Waals surface area contributed by atoms with Gasteiger partial charge in [0.1, 0.15) is 0 Å². The van der Waals surface area contributed by atoms with Crippen molar-refractivity contribution < 1.29 is 0 Å². The van der Waals surface area contributed by atoms with Crippen molar-refractivity contribution in [2.75, 3.05) is 13.1 Å². The maximum absolute atomic E-state index is 6.04. The molecule has 1 unspecified atom stereocenters. The van der Waals surface area contributed by atoms with Crippen LogP contribution in [0.2, 0.25) is 0 Å². The van der Waals surface area contributed by atoms with Crippen molar-refractivity contribution in [3.05, 3.63) is 0 Å². The van der Waals surface area contributed by atoms with Crippen LogP contribution < -0.4 is 11.1 Å². The second-order valence-electron chi connectivity index (χ2n) is 6.16. The lowest BCUT2D eigenvalue weighted by Gasteiger charge is -2.20. The Kier molecular flexibility index (Phi) is 3.73. The molecule has 0 bridgehead atoms. The number of aliphatic imine (C=N–C) groups is 1. The van der Waals surface area contributed by atoms with E-state index in [0.717, 1.165) is 12.6 Å². The number of likely N-dealkylation sites (tertiary alicyclic amines) is 1. The SMILES string of the molecule is NC(=NC1CCCCC1)NC1CCN(C2CC2)C1. The molecule has 4 nitrogen and oxygen atoms in total. The van der Waals surface area contributed by atoms with Crippen molar-refractivity contribution in [2.24, 2.45) is 10.7 Å². The molecule has 1 heterocycles. The van der Waals surface area contributed by atoms with Crippen LogP contribution in [0.25, 0.3) is 0 Å². The number of nitrogens with two attached hydrogens (primary N) is 1. The monoisotopic (exact) mass is 250 g/mol. The summed E-state index contributed by atoms with van der Waals surface area (Å²) in [7, 11) is 0. The van der Waals surface area contributed by atoms with E-state index in [1.165, 1.54) is 57.9 Å². The summed E-state index contributed by atoms with van der Waals surface area (Å²) in [5.74, 6) is 0.685. The molecule has 4 heteroatoms. The predicted molar refractivity (Wildman–Crippen MR) is 74.6 cm³/mol. The van der Waals surface area contributed by atoms with Gasteiger partial charge in [0.2, 0.25) is 0 Å². The molecular weight excluding hydrogens is 224 g/mol. The summed E-state index contributed by atoms with van der Waals surface area (Å²) in [5, 5.41) is 3.42. The van der Waals surface area contributed by atoms with Crippen LogP contribution in [0.1, 0.15) is 51.4 Å². The van der Waals surface area contributed by atoms with E-state index in [2.05, 4.69) is 15.2 Å². The Morgan fingerprint density at radius 3 is 2.56 bits per heavy atom. The average molecular weight is 250 g/mol. The van der Waals surface area contributed by atoms with Crippen LogP contribution in [-0.2, 0) is 0 Å². The number of nitrogens with one attached hydrogen (secondary N) is 1. The van der Waals surface area contributed by atoms with Crippen molar-refractivity contribution in [1.82, 2.24) is 10.2 Å². The van der Waals surface area contributed by atoms with Crippen LogP contribution in [0.5, 0.6) is 0 Å². The lowest BCUT2D eigenvalue weighted by molar-refractivity contribution is 0.321. The zero-order chi connectivity index (χ0) is 12.4. The Morgan fingerprint density at radius 2 is 1.83 bits per heavy atom. The van der Waals surface area contributed by atoms with Gasteiger partial charge in [-0.25, -0.2) is 0 Å². The molecule has 3 N–H and O–H groups in total. The fourth-order valence-corrected chi connectivity index (χ4v) is 3.33. The van der Waals surface area contributed by atoms with Gasteiger partial charge in [-0.1, -0.05) is 19.3 Å². The van der Waals surface area contributed by atoms with Crippen LogP contribution >= 0.6 is 0 Å². The minimum absolute atomic E-state index is 0.479. The molecule has 3 rings (SSSR count). The molecule has 2 saturated carbocycles. The second-order valence-corrected chi connectivity index (χ2v) is 6.16. The maximum atomic E-state index is 6.04. The van der Waals surface area contributed by atoms with E-state index >= 15 is 0 Å². The zero-order valence-electron chi connectivity index (χ0n) is 11.3. The van der Waals surface area contributed by atoms with Gasteiger partial charge in [-0.3, -0.25) is 9.89 Å². The first-order valence-corrected chi connectivity index (χ1v) is 7.65. The Balaban J connectivity index is 1.45. The van der Waals surface area contributed by atoms with Gasteiger partial charge in [0.15, 0.2) is 5.96 Å². The third-order valence-corrected chi connectivity index (χ3v) is 4.53. The Hall–Kier alpha value is -0.770. The third-order valence-electron chi connectivity index (χ3n) is 4.53. The van der Waals surface area contributed by atoms with Gasteiger partial charge in [-0.15, -0.1) is 0 Å². The van der Waals surface area contributed by atoms with Gasteiger partial charge in [0.05, 0.1) is 6.04 Å². The van der Waals surface area contributed by atoms with E-state index in [-0.39, 0.29) is 0 Å². The predicted octanol–water partition coefficient (Wildman–Crippen LogP) is 1.46. The molecule has 1 saturated heterocycles. The quantitative estimate of drug-likeness (QED) is 0.589. The lowest BCUT2D eigenvalue weighted by Crippen LogP contribution is -2.42. The number of hydrogen-bond acceptors (Lipinski definition) is 2. The second kappa shape index (κ2) is 5.47. The number of nitrogens with zero attached hydrogens (tertiary/aromatic N) is 2. The zero-order valence-corrected chi connectivity index (χ0v) is 11.3. The maximum Gasteiger partial charge on any atom is 0.189 e. The van der Waals surface area contributed by atoms with Crippen LogP contribution in [-0.4, -0.2) is 42.1 Å². The minimum Gasteiger partial charge on any atom is -0.370 e. The molecule has 0 radical (unpaired) electrons. The van der Waals surface area contributed by atoms with E-state index in [1.54, 1.807) is 0 Å². The highest BCUT2D eigenvalue weighted by molar-refractivity contribution is 5.78. The summed E-state index contributed by atoms with van der Waals surface area (Å²) >= 11 is 0. The normalized spacial score (nSPS) is 31.8. The Labute approximate surface area is 110 Å².